The summed E-state index contributed by atoms with van der Waals surface area (Å²) >= 11 is 0. The largest absolute Gasteiger partial charge is 0.507 e. The Morgan fingerprint density at radius 3 is 2.53 bits per heavy atom. The van der Waals surface area contributed by atoms with Crippen LogP contribution in [-0.2, 0) is 9.59 Å². The first-order valence-electron chi connectivity index (χ1n) is 9.78. The van der Waals surface area contributed by atoms with Crippen LogP contribution in [0, 0.1) is 0 Å². The number of likely N-dealkylation sites (tertiary alicyclic amines) is 1. The molecule has 1 N–H and O–H groups in total. The lowest BCUT2D eigenvalue weighted by Gasteiger charge is -2.25. The van der Waals surface area contributed by atoms with Crippen molar-refractivity contribution >= 4 is 17.4 Å². The van der Waals surface area contributed by atoms with Crippen molar-refractivity contribution in [3.63, 3.8) is 0 Å². The monoisotopic (exact) mass is 407 g/mol. The normalized spacial score (nSPS) is 17.8. The minimum Gasteiger partial charge on any atom is -0.507 e. The second kappa shape index (κ2) is 9.31. The van der Waals surface area contributed by atoms with E-state index in [9.17, 15) is 14.7 Å². The van der Waals surface area contributed by atoms with Gasteiger partial charge in [0, 0.05) is 12.1 Å². The van der Waals surface area contributed by atoms with Gasteiger partial charge >= 0.3 is 0 Å². The van der Waals surface area contributed by atoms with E-state index in [0.29, 0.717) is 42.2 Å². The first-order valence-corrected chi connectivity index (χ1v) is 9.78. The average Bonchev–Trinajstić information content (AvgIpc) is 3.03. The van der Waals surface area contributed by atoms with E-state index >= 15 is 0 Å². The number of amides is 1. The second-order valence-electron chi connectivity index (χ2n) is 6.89. The molecular weight excluding hydrogens is 382 g/mol. The van der Waals surface area contributed by atoms with Gasteiger partial charge in [-0.15, -0.1) is 0 Å². The molecule has 0 radical (unpaired) electrons. The van der Waals surface area contributed by atoms with Gasteiger partial charge in [0.25, 0.3) is 11.7 Å². The van der Waals surface area contributed by atoms with Crippen molar-refractivity contribution in [1.82, 2.24) is 4.90 Å². The highest BCUT2D eigenvalue weighted by Crippen LogP contribution is 2.40. The number of nitrogens with zero attached hydrogens (tertiary/aromatic N) is 1. The number of aliphatic hydroxyl groups excluding tert-OH is 1. The van der Waals surface area contributed by atoms with E-state index in [2.05, 4.69) is 6.58 Å². The van der Waals surface area contributed by atoms with Crippen LogP contribution in [-0.4, -0.2) is 42.0 Å². The molecule has 6 nitrogen and oxygen atoms in total. The molecule has 1 saturated heterocycles. The fraction of sp³-hybridized carbons (Fsp3) is 0.250. The van der Waals surface area contributed by atoms with Crippen LogP contribution in [0.5, 0.6) is 11.5 Å². The van der Waals surface area contributed by atoms with Crippen molar-refractivity contribution < 1.29 is 24.2 Å². The number of rotatable bonds is 8. The number of Topliss-reactive ketones (excluding diaryl/α,β-unsaturated/α-hetero) is 1. The zero-order chi connectivity index (χ0) is 21.7. The Balaban J connectivity index is 2.09. The van der Waals surface area contributed by atoms with Crippen molar-refractivity contribution in [3.8, 4) is 11.5 Å². The smallest absolute Gasteiger partial charge is 0.295 e. The molecule has 0 aromatic heterocycles. The van der Waals surface area contributed by atoms with E-state index in [4.69, 9.17) is 9.47 Å². The highest BCUT2D eigenvalue weighted by Gasteiger charge is 2.45. The van der Waals surface area contributed by atoms with E-state index < -0.39 is 17.7 Å². The van der Waals surface area contributed by atoms with Gasteiger partial charge in [-0.2, -0.15) is 0 Å². The molecule has 0 saturated carbocycles. The Bertz CT molecular complexity index is 977. The first-order chi connectivity index (χ1) is 14.5. The van der Waals surface area contributed by atoms with E-state index in [1.165, 1.54) is 4.90 Å². The fourth-order valence-electron chi connectivity index (χ4n) is 3.53. The number of carbonyl (C=O) groups excluding carboxylic acids is 2. The van der Waals surface area contributed by atoms with Crippen molar-refractivity contribution in [2.45, 2.75) is 19.4 Å². The van der Waals surface area contributed by atoms with E-state index in [0.717, 1.165) is 0 Å². The molecule has 1 unspecified atom stereocenters. The van der Waals surface area contributed by atoms with Gasteiger partial charge in [0.2, 0.25) is 0 Å². The molecule has 6 heteroatoms. The van der Waals surface area contributed by atoms with Crippen LogP contribution in [0.2, 0.25) is 0 Å². The molecule has 1 atom stereocenters. The Hall–Kier alpha value is -3.54. The molecule has 1 aliphatic rings. The predicted molar refractivity (Wildman–Crippen MR) is 114 cm³/mol. The molecule has 156 valence electrons. The van der Waals surface area contributed by atoms with Crippen LogP contribution in [0.1, 0.15) is 30.5 Å². The molecule has 0 aliphatic carbocycles. The van der Waals surface area contributed by atoms with Crippen molar-refractivity contribution in [2.75, 3.05) is 20.3 Å². The second-order valence-corrected chi connectivity index (χ2v) is 6.89. The van der Waals surface area contributed by atoms with E-state index in [-0.39, 0.29) is 11.3 Å². The molecule has 1 amide bonds. The summed E-state index contributed by atoms with van der Waals surface area (Å²) in [6, 6.07) is 13.2. The van der Waals surface area contributed by atoms with Gasteiger partial charge in [-0.1, -0.05) is 31.7 Å². The van der Waals surface area contributed by atoms with Gasteiger partial charge < -0.3 is 19.5 Å². The standard InChI is InChI=1S/C24H25NO5/c1-4-13-25-21(17-7-6-8-19(15-17)29-3)20(23(27)24(25)28)22(26)16-9-11-18(12-10-16)30-14-5-2/h5-12,15,21,26H,2,4,13-14H2,1,3H3/b22-20+. The number of carbonyl (C=O) groups is 2. The third-order valence-corrected chi connectivity index (χ3v) is 4.91. The molecule has 1 aliphatic heterocycles. The lowest BCUT2D eigenvalue weighted by Crippen LogP contribution is -2.30. The molecule has 3 rings (SSSR count). The van der Waals surface area contributed by atoms with Crippen LogP contribution < -0.4 is 9.47 Å². The summed E-state index contributed by atoms with van der Waals surface area (Å²) in [5, 5.41) is 11.0. The van der Waals surface area contributed by atoms with Gasteiger partial charge in [-0.05, 0) is 48.4 Å². The molecule has 1 heterocycles. The van der Waals surface area contributed by atoms with Crippen LogP contribution in [0.25, 0.3) is 5.76 Å². The van der Waals surface area contributed by atoms with Crippen molar-refractivity contribution in [2.24, 2.45) is 0 Å². The average molecular weight is 407 g/mol. The third-order valence-electron chi connectivity index (χ3n) is 4.91. The summed E-state index contributed by atoms with van der Waals surface area (Å²) in [5.74, 6) is -0.298. The molecule has 30 heavy (non-hydrogen) atoms. The maximum atomic E-state index is 12.9. The summed E-state index contributed by atoms with van der Waals surface area (Å²) in [4.78, 5) is 27.1. The fourth-order valence-corrected chi connectivity index (χ4v) is 3.53. The van der Waals surface area contributed by atoms with Crippen LogP contribution in [0.4, 0.5) is 0 Å². The van der Waals surface area contributed by atoms with E-state index in [1.807, 2.05) is 13.0 Å². The van der Waals surface area contributed by atoms with Crippen molar-refractivity contribution in [1.29, 1.82) is 0 Å². The van der Waals surface area contributed by atoms with Gasteiger partial charge in [0.05, 0.1) is 18.7 Å². The minimum atomic E-state index is -0.694. The van der Waals surface area contributed by atoms with Crippen LogP contribution in [0.3, 0.4) is 0 Å². The number of ether oxygens (including phenoxy) is 2. The van der Waals surface area contributed by atoms with Crippen LogP contribution in [0.15, 0.2) is 66.8 Å². The Kier molecular flexibility index (Phi) is 6.57. The predicted octanol–water partition coefficient (Wildman–Crippen LogP) is 4.09. The number of benzene rings is 2. The number of ketones is 1. The minimum absolute atomic E-state index is 0.0708. The number of methoxy groups -OCH3 is 1. The zero-order valence-corrected chi connectivity index (χ0v) is 17.1. The zero-order valence-electron chi connectivity index (χ0n) is 17.1. The Labute approximate surface area is 176 Å². The van der Waals surface area contributed by atoms with Gasteiger partial charge in [-0.25, -0.2) is 0 Å². The van der Waals surface area contributed by atoms with Crippen LogP contribution >= 0.6 is 0 Å². The summed E-state index contributed by atoms with van der Waals surface area (Å²) in [7, 11) is 1.55. The quantitative estimate of drug-likeness (QED) is 0.309. The topological polar surface area (TPSA) is 76.1 Å². The number of hydrogen-bond acceptors (Lipinski definition) is 5. The van der Waals surface area contributed by atoms with Gasteiger partial charge in [0.15, 0.2) is 0 Å². The maximum absolute atomic E-state index is 12.9. The lowest BCUT2D eigenvalue weighted by molar-refractivity contribution is -0.139. The highest BCUT2D eigenvalue weighted by atomic mass is 16.5. The van der Waals surface area contributed by atoms with Gasteiger partial charge in [-0.3, -0.25) is 9.59 Å². The number of aliphatic hydroxyl groups is 1. The molecule has 2 aromatic carbocycles. The Morgan fingerprint density at radius 2 is 1.90 bits per heavy atom. The molecule has 0 bridgehead atoms. The lowest BCUT2D eigenvalue weighted by atomic mass is 9.95. The summed E-state index contributed by atoms with van der Waals surface area (Å²) in [6.45, 7) is 6.30. The first kappa shape index (κ1) is 21.2. The molecule has 0 spiro atoms. The maximum Gasteiger partial charge on any atom is 0.295 e. The summed E-state index contributed by atoms with van der Waals surface area (Å²) < 4.78 is 10.8. The summed E-state index contributed by atoms with van der Waals surface area (Å²) in [5.41, 5.74) is 1.21. The third kappa shape index (κ3) is 4.08. The molecular formula is C24H25NO5. The summed E-state index contributed by atoms with van der Waals surface area (Å²) in [6.07, 6.45) is 2.32. The van der Waals surface area contributed by atoms with E-state index in [1.54, 1.807) is 55.7 Å². The van der Waals surface area contributed by atoms with Gasteiger partial charge in [0.1, 0.15) is 23.9 Å². The van der Waals surface area contributed by atoms with Crippen molar-refractivity contribution in [3.05, 3.63) is 77.9 Å². The SMILES string of the molecule is C=CCOc1ccc(/C(O)=C2\C(=O)C(=O)N(CCC)C2c2cccc(OC)c2)cc1. The molecule has 2 aromatic rings. The Morgan fingerprint density at radius 1 is 1.17 bits per heavy atom. The molecule has 1 fully saturated rings. The number of hydrogen-bond donors (Lipinski definition) is 1. The highest BCUT2D eigenvalue weighted by molar-refractivity contribution is 6.46.